The molecule has 0 aliphatic heterocycles. The fraction of sp³-hybridized carbons (Fsp3) is 0.333. The van der Waals surface area contributed by atoms with E-state index in [2.05, 4.69) is 63.7 Å². The van der Waals surface area contributed by atoms with E-state index in [-0.39, 0.29) is 5.96 Å². The largest absolute Gasteiger partial charge is 0.492 e. The molecule has 3 aromatic rings. The van der Waals surface area contributed by atoms with Crippen LogP contribution in [0.3, 0.4) is 0 Å². The van der Waals surface area contributed by atoms with Gasteiger partial charge < -0.3 is 15.2 Å². The van der Waals surface area contributed by atoms with E-state index in [0.717, 1.165) is 30.9 Å². The molecule has 0 bridgehead atoms. The number of alkyl carbamates (subject to hydrolysis) is 1. The number of hydrogen-bond acceptors (Lipinski definition) is 5. The zero-order valence-corrected chi connectivity index (χ0v) is 22.0. The molecular weight excluding hydrogens is 464 g/mol. The molecule has 0 atom stereocenters. The van der Waals surface area contributed by atoms with E-state index in [1.807, 2.05) is 36.4 Å². The molecule has 0 fully saturated rings. The molecule has 0 unspecified atom stereocenters. The summed E-state index contributed by atoms with van der Waals surface area (Å²) in [6.45, 7) is 8.96. The topological polar surface area (TPSA) is 89.2 Å². The van der Waals surface area contributed by atoms with Crippen LogP contribution in [0.15, 0.2) is 89.9 Å². The number of carbonyl (C=O) groups is 1. The molecule has 0 saturated heterocycles. The van der Waals surface area contributed by atoms with Crippen LogP contribution in [-0.4, -0.2) is 42.3 Å². The highest BCUT2D eigenvalue weighted by Crippen LogP contribution is 2.14. The van der Waals surface area contributed by atoms with Crippen molar-refractivity contribution in [2.24, 2.45) is 10.7 Å². The number of carbonyl (C=O) groups excluding carboxylic acids is 1. The Hall–Kier alpha value is -3.84. The normalized spacial score (nSPS) is 11.8. The van der Waals surface area contributed by atoms with Crippen molar-refractivity contribution in [2.45, 2.75) is 45.9 Å². The summed E-state index contributed by atoms with van der Waals surface area (Å²) in [5.74, 6) is 0.877. The average molecular weight is 503 g/mol. The van der Waals surface area contributed by atoms with Gasteiger partial charge in [-0.05, 0) is 56.0 Å². The summed E-state index contributed by atoms with van der Waals surface area (Å²) in [5.41, 5.74) is 8.86. The minimum atomic E-state index is -0.610. The first-order chi connectivity index (χ1) is 17.8. The van der Waals surface area contributed by atoms with Crippen LogP contribution < -0.4 is 15.8 Å². The van der Waals surface area contributed by atoms with Crippen molar-refractivity contribution in [2.75, 3.05) is 19.7 Å². The number of benzene rings is 3. The molecule has 3 N–H and O–H groups in total. The van der Waals surface area contributed by atoms with Gasteiger partial charge in [0.25, 0.3) is 0 Å². The van der Waals surface area contributed by atoms with Crippen LogP contribution in [0.5, 0.6) is 5.75 Å². The summed E-state index contributed by atoms with van der Waals surface area (Å²) in [6.07, 6.45) is 0.0835. The second-order valence-corrected chi connectivity index (χ2v) is 9.82. The molecule has 1 amide bonds. The molecule has 3 aromatic carbocycles. The molecule has 0 saturated carbocycles. The summed E-state index contributed by atoms with van der Waals surface area (Å²) in [4.78, 5) is 18.3. The van der Waals surface area contributed by atoms with E-state index in [4.69, 9.17) is 15.2 Å². The number of aliphatic imine (C=N–C) groups is 1. The summed E-state index contributed by atoms with van der Waals surface area (Å²) in [5, 5.41) is 2.44. The van der Waals surface area contributed by atoms with Crippen molar-refractivity contribution >= 4 is 12.1 Å². The van der Waals surface area contributed by atoms with Crippen LogP contribution in [0, 0.1) is 0 Å². The highest BCUT2D eigenvalue weighted by molar-refractivity contribution is 5.92. The monoisotopic (exact) mass is 502 g/mol. The standard InChI is InChI=1S/C30H38N4O3/c1-30(2,3)37-29(35)33-28(31)32-19-18-24-14-16-27(17-15-24)36-21-20-34(22-25-10-6-4-7-11-25)23-26-12-8-5-9-13-26/h4-17H,18-23H2,1-3H3,(H3,31,32,33,35). The van der Waals surface area contributed by atoms with Gasteiger partial charge in [0, 0.05) is 26.2 Å². The fourth-order valence-corrected chi connectivity index (χ4v) is 3.70. The van der Waals surface area contributed by atoms with Gasteiger partial charge >= 0.3 is 6.09 Å². The summed E-state index contributed by atoms with van der Waals surface area (Å²) >= 11 is 0. The quantitative estimate of drug-likeness (QED) is 0.280. The number of rotatable bonds is 11. The molecule has 3 rings (SSSR count). The van der Waals surface area contributed by atoms with Crippen LogP contribution in [-0.2, 0) is 24.2 Å². The van der Waals surface area contributed by atoms with Gasteiger partial charge in [0.1, 0.15) is 18.0 Å². The Labute approximate surface area is 220 Å². The molecule has 0 aliphatic rings. The highest BCUT2D eigenvalue weighted by atomic mass is 16.6. The van der Waals surface area contributed by atoms with Gasteiger partial charge in [0.05, 0.1) is 0 Å². The molecule has 0 aromatic heterocycles. The maximum absolute atomic E-state index is 11.7. The second-order valence-electron chi connectivity index (χ2n) is 9.82. The lowest BCUT2D eigenvalue weighted by Gasteiger charge is -2.23. The van der Waals surface area contributed by atoms with Crippen LogP contribution in [0.25, 0.3) is 0 Å². The van der Waals surface area contributed by atoms with Gasteiger partial charge in [0.2, 0.25) is 0 Å². The van der Waals surface area contributed by atoms with E-state index in [1.54, 1.807) is 20.8 Å². The molecule has 7 heteroatoms. The maximum atomic E-state index is 11.7. The van der Waals surface area contributed by atoms with Crippen molar-refractivity contribution < 1.29 is 14.3 Å². The Morgan fingerprint density at radius 3 is 1.97 bits per heavy atom. The zero-order chi connectivity index (χ0) is 26.5. The number of hydrogen-bond donors (Lipinski definition) is 2. The Kier molecular flexibility index (Phi) is 10.5. The highest BCUT2D eigenvalue weighted by Gasteiger charge is 2.16. The lowest BCUT2D eigenvalue weighted by Crippen LogP contribution is -2.40. The van der Waals surface area contributed by atoms with Crippen molar-refractivity contribution in [3.8, 4) is 5.75 Å². The van der Waals surface area contributed by atoms with Crippen molar-refractivity contribution in [3.63, 3.8) is 0 Å². The SMILES string of the molecule is CC(C)(C)OC(=O)NC(N)=NCCc1ccc(OCCN(Cc2ccccc2)Cc2ccccc2)cc1. The van der Waals surface area contributed by atoms with E-state index >= 15 is 0 Å². The fourth-order valence-electron chi connectivity index (χ4n) is 3.70. The first kappa shape index (κ1) is 27.7. The first-order valence-electron chi connectivity index (χ1n) is 12.6. The number of amides is 1. The van der Waals surface area contributed by atoms with Gasteiger partial charge in [-0.2, -0.15) is 0 Å². The lowest BCUT2D eigenvalue weighted by atomic mass is 10.1. The number of ether oxygens (including phenoxy) is 2. The molecule has 7 nitrogen and oxygen atoms in total. The van der Waals surface area contributed by atoms with E-state index < -0.39 is 11.7 Å². The molecule has 37 heavy (non-hydrogen) atoms. The maximum Gasteiger partial charge on any atom is 0.414 e. The molecular formula is C30H38N4O3. The number of nitrogens with one attached hydrogen (secondary N) is 1. The third-order valence-corrected chi connectivity index (χ3v) is 5.41. The predicted molar refractivity (Wildman–Crippen MR) is 148 cm³/mol. The van der Waals surface area contributed by atoms with Gasteiger partial charge in [-0.1, -0.05) is 72.8 Å². The number of nitrogens with two attached hydrogens (primary N) is 1. The predicted octanol–water partition coefficient (Wildman–Crippen LogP) is 5.15. The van der Waals surface area contributed by atoms with E-state index in [1.165, 1.54) is 11.1 Å². The Bertz CT molecular complexity index is 1070. The minimum Gasteiger partial charge on any atom is -0.492 e. The van der Waals surface area contributed by atoms with Gasteiger partial charge in [-0.15, -0.1) is 0 Å². The van der Waals surface area contributed by atoms with Gasteiger partial charge in [0.15, 0.2) is 5.96 Å². The smallest absolute Gasteiger partial charge is 0.414 e. The van der Waals surface area contributed by atoms with E-state index in [0.29, 0.717) is 19.6 Å². The van der Waals surface area contributed by atoms with Crippen LogP contribution >= 0.6 is 0 Å². The van der Waals surface area contributed by atoms with Gasteiger partial charge in [-0.3, -0.25) is 15.2 Å². The first-order valence-corrected chi connectivity index (χ1v) is 12.6. The van der Waals surface area contributed by atoms with Crippen molar-refractivity contribution in [1.29, 1.82) is 0 Å². The molecule has 196 valence electrons. The van der Waals surface area contributed by atoms with E-state index in [9.17, 15) is 4.79 Å². The lowest BCUT2D eigenvalue weighted by molar-refractivity contribution is 0.0562. The zero-order valence-electron chi connectivity index (χ0n) is 22.0. The minimum absolute atomic E-state index is 0.0461. The van der Waals surface area contributed by atoms with Gasteiger partial charge in [-0.25, -0.2) is 4.79 Å². The number of nitrogens with zero attached hydrogens (tertiary/aromatic N) is 2. The molecule has 0 spiro atoms. The summed E-state index contributed by atoms with van der Waals surface area (Å²) < 4.78 is 11.2. The van der Waals surface area contributed by atoms with Crippen LogP contribution in [0.1, 0.15) is 37.5 Å². The van der Waals surface area contributed by atoms with Crippen LogP contribution in [0.2, 0.25) is 0 Å². The summed E-state index contributed by atoms with van der Waals surface area (Å²) in [6, 6.07) is 29.0. The van der Waals surface area contributed by atoms with Crippen molar-refractivity contribution in [1.82, 2.24) is 10.2 Å². The Morgan fingerprint density at radius 1 is 0.865 bits per heavy atom. The number of guanidine groups is 1. The molecule has 0 heterocycles. The third-order valence-electron chi connectivity index (χ3n) is 5.41. The Balaban J connectivity index is 1.45. The summed E-state index contributed by atoms with van der Waals surface area (Å²) in [7, 11) is 0. The third kappa shape index (κ3) is 11.2. The van der Waals surface area contributed by atoms with Crippen molar-refractivity contribution in [3.05, 3.63) is 102 Å². The molecule has 0 radical (unpaired) electrons. The average Bonchev–Trinajstić information content (AvgIpc) is 2.85. The van der Waals surface area contributed by atoms with Crippen LogP contribution in [0.4, 0.5) is 4.79 Å². The second kappa shape index (κ2) is 14.0. The Morgan fingerprint density at radius 2 is 1.43 bits per heavy atom. The molecule has 0 aliphatic carbocycles.